The Morgan fingerprint density at radius 2 is 1.79 bits per heavy atom. The highest BCUT2D eigenvalue weighted by molar-refractivity contribution is 6.01. The van der Waals surface area contributed by atoms with E-state index >= 15 is 0 Å². The monoisotopic (exact) mass is 447 g/mol. The number of allylic oxidation sites excluding steroid dienone is 3. The van der Waals surface area contributed by atoms with Crippen LogP contribution in [0.2, 0.25) is 0 Å². The minimum atomic E-state index is -0.347. The zero-order valence-corrected chi connectivity index (χ0v) is 19.0. The van der Waals surface area contributed by atoms with Gasteiger partial charge >= 0.3 is 5.97 Å². The molecular formula is C27H29NO5. The fourth-order valence-electron chi connectivity index (χ4n) is 3.17. The molecule has 0 atom stereocenters. The Balaban J connectivity index is 1.48. The lowest BCUT2D eigenvalue weighted by Crippen LogP contribution is -2.12. The van der Waals surface area contributed by atoms with Crippen LogP contribution in [0.4, 0.5) is 0 Å². The third-order valence-electron chi connectivity index (χ3n) is 4.90. The molecule has 0 radical (unpaired) electrons. The highest BCUT2D eigenvalue weighted by Crippen LogP contribution is 2.21. The summed E-state index contributed by atoms with van der Waals surface area (Å²) < 4.78 is 16.7. The van der Waals surface area contributed by atoms with Crippen LogP contribution in [-0.4, -0.2) is 38.6 Å². The summed E-state index contributed by atoms with van der Waals surface area (Å²) in [5, 5.41) is 4.09. The predicted molar refractivity (Wildman–Crippen MR) is 129 cm³/mol. The van der Waals surface area contributed by atoms with Gasteiger partial charge in [0.05, 0.1) is 12.4 Å². The van der Waals surface area contributed by atoms with E-state index in [1.54, 1.807) is 13.0 Å². The zero-order chi connectivity index (χ0) is 23.3. The molecule has 0 heterocycles. The first-order chi connectivity index (χ1) is 16.2. The Bertz CT molecular complexity index is 1020. The van der Waals surface area contributed by atoms with Crippen LogP contribution >= 0.6 is 0 Å². The molecule has 0 unspecified atom stereocenters. The van der Waals surface area contributed by atoms with Crippen LogP contribution in [0, 0.1) is 0 Å². The first-order valence-corrected chi connectivity index (χ1v) is 10.9. The number of rotatable bonds is 11. The van der Waals surface area contributed by atoms with Crippen molar-refractivity contribution in [3.05, 3.63) is 95.3 Å². The molecule has 6 heteroatoms. The van der Waals surface area contributed by atoms with Crippen LogP contribution < -0.4 is 4.74 Å². The topological polar surface area (TPSA) is 66.4 Å². The van der Waals surface area contributed by atoms with E-state index < -0.39 is 0 Å². The zero-order valence-electron chi connectivity index (χ0n) is 19.0. The molecule has 1 aliphatic carbocycles. The lowest BCUT2D eigenvalue weighted by molar-refractivity contribution is -0.137. The van der Waals surface area contributed by atoms with Crippen molar-refractivity contribution in [3.8, 4) is 5.75 Å². The predicted octanol–water partition coefficient (Wildman–Crippen LogP) is 5.31. The maximum absolute atomic E-state index is 11.4. The number of carbonyl (C=O) groups is 1. The fraction of sp³-hybridized carbons (Fsp3) is 0.259. The molecule has 172 valence electrons. The standard InChI is InChI=1S/C27H29NO5/c1-3-31-27(29)18-13-21-9-14-24(15-10-21)32-19-22-11-16-25(17-12-22)33-20-26(28-30-2)23-7-5-4-6-8-23/h4-11,13-16,18H,3,12,17,19-20H2,1-2H3/b18-13+,28-26+. The molecule has 6 nitrogen and oxygen atoms in total. The van der Waals surface area contributed by atoms with Crippen molar-refractivity contribution in [1.29, 1.82) is 0 Å². The lowest BCUT2D eigenvalue weighted by Gasteiger charge is -2.17. The second kappa shape index (κ2) is 12.9. The van der Waals surface area contributed by atoms with E-state index in [4.69, 9.17) is 19.0 Å². The third kappa shape index (κ3) is 8.00. The minimum absolute atomic E-state index is 0.347. The van der Waals surface area contributed by atoms with Gasteiger partial charge in [-0.3, -0.25) is 0 Å². The summed E-state index contributed by atoms with van der Waals surface area (Å²) in [5.41, 5.74) is 3.83. The fourth-order valence-corrected chi connectivity index (χ4v) is 3.17. The average molecular weight is 448 g/mol. The molecule has 0 saturated heterocycles. The van der Waals surface area contributed by atoms with E-state index in [9.17, 15) is 4.79 Å². The Morgan fingerprint density at radius 1 is 1.00 bits per heavy atom. The lowest BCUT2D eigenvalue weighted by atomic mass is 10.0. The van der Waals surface area contributed by atoms with Gasteiger partial charge in [0, 0.05) is 18.1 Å². The van der Waals surface area contributed by atoms with Crippen molar-refractivity contribution in [2.45, 2.75) is 19.8 Å². The highest BCUT2D eigenvalue weighted by Gasteiger charge is 2.11. The van der Waals surface area contributed by atoms with E-state index in [0.29, 0.717) is 19.8 Å². The van der Waals surface area contributed by atoms with Gasteiger partial charge in [0.25, 0.3) is 0 Å². The molecular weight excluding hydrogens is 418 g/mol. The van der Waals surface area contributed by atoms with Crippen LogP contribution in [0.5, 0.6) is 5.75 Å². The maximum atomic E-state index is 11.4. The van der Waals surface area contributed by atoms with Gasteiger partial charge in [0.2, 0.25) is 0 Å². The summed E-state index contributed by atoms with van der Waals surface area (Å²) in [6.45, 7) is 3.01. The molecule has 3 rings (SSSR count). The summed E-state index contributed by atoms with van der Waals surface area (Å²) in [7, 11) is 1.53. The number of carbonyl (C=O) groups excluding carboxylic acids is 1. The highest BCUT2D eigenvalue weighted by atomic mass is 16.6. The first-order valence-electron chi connectivity index (χ1n) is 10.9. The van der Waals surface area contributed by atoms with Crippen molar-refractivity contribution in [1.82, 2.24) is 0 Å². The van der Waals surface area contributed by atoms with Crippen molar-refractivity contribution >= 4 is 17.8 Å². The van der Waals surface area contributed by atoms with Crippen molar-refractivity contribution in [2.24, 2.45) is 5.16 Å². The number of ether oxygens (including phenoxy) is 3. The Labute approximate surface area is 194 Å². The van der Waals surface area contributed by atoms with Crippen molar-refractivity contribution in [3.63, 3.8) is 0 Å². The molecule has 0 amide bonds. The third-order valence-corrected chi connectivity index (χ3v) is 4.90. The number of nitrogens with zero attached hydrogens (tertiary/aromatic N) is 1. The number of benzene rings is 2. The number of hydrogen-bond donors (Lipinski definition) is 0. The van der Waals surface area contributed by atoms with E-state index in [-0.39, 0.29) is 5.97 Å². The molecule has 0 fully saturated rings. The molecule has 2 aromatic carbocycles. The molecule has 0 aromatic heterocycles. The molecule has 2 aromatic rings. The van der Waals surface area contributed by atoms with Crippen LogP contribution in [-0.2, 0) is 19.1 Å². The van der Waals surface area contributed by atoms with Gasteiger partial charge in [-0.05, 0) is 48.8 Å². The van der Waals surface area contributed by atoms with Gasteiger partial charge < -0.3 is 19.0 Å². The van der Waals surface area contributed by atoms with Crippen molar-refractivity contribution < 1.29 is 23.8 Å². The van der Waals surface area contributed by atoms with Gasteiger partial charge in [0.15, 0.2) is 0 Å². The second-order valence-corrected chi connectivity index (χ2v) is 7.28. The van der Waals surface area contributed by atoms with Gasteiger partial charge in [-0.2, -0.15) is 0 Å². The second-order valence-electron chi connectivity index (χ2n) is 7.28. The quantitative estimate of drug-likeness (QED) is 0.202. The molecule has 33 heavy (non-hydrogen) atoms. The van der Waals surface area contributed by atoms with E-state index in [1.807, 2.05) is 66.7 Å². The minimum Gasteiger partial charge on any atom is -0.491 e. The van der Waals surface area contributed by atoms with Gasteiger partial charge in [-0.1, -0.05) is 53.7 Å². The smallest absolute Gasteiger partial charge is 0.330 e. The Hall–Kier alpha value is -3.80. The summed E-state index contributed by atoms with van der Waals surface area (Å²) >= 11 is 0. The Morgan fingerprint density at radius 3 is 2.45 bits per heavy atom. The SMILES string of the molecule is CCOC(=O)/C=C/c1ccc(OCC2=CC=C(OC/C(=N\OC)c3ccccc3)CC2)cc1. The van der Waals surface area contributed by atoms with Gasteiger partial charge in [-0.15, -0.1) is 0 Å². The maximum Gasteiger partial charge on any atom is 0.330 e. The van der Waals surface area contributed by atoms with Crippen LogP contribution in [0.3, 0.4) is 0 Å². The van der Waals surface area contributed by atoms with Crippen LogP contribution in [0.25, 0.3) is 6.08 Å². The summed E-state index contributed by atoms with van der Waals surface area (Å²) in [6, 6.07) is 17.4. The number of oxime groups is 1. The van der Waals surface area contributed by atoms with Gasteiger partial charge in [-0.25, -0.2) is 4.79 Å². The van der Waals surface area contributed by atoms with Gasteiger partial charge in [0.1, 0.15) is 31.8 Å². The van der Waals surface area contributed by atoms with E-state index in [0.717, 1.165) is 41.2 Å². The van der Waals surface area contributed by atoms with E-state index in [2.05, 4.69) is 5.16 Å². The summed E-state index contributed by atoms with van der Waals surface area (Å²) in [6.07, 6.45) is 8.85. The Kier molecular flexibility index (Phi) is 9.33. The normalized spacial score (nSPS) is 13.8. The first kappa shape index (κ1) is 23.9. The molecule has 1 aliphatic rings. The largest absolute Gasteiger partial charge is 0.491 e. The molecule has 0 N–H and O–H groups in total. The summed E-state index contributed by atoms with van der Waals surface area (Å²) in [5.74, 6) is 1.34. The average Bonchev–Trinajstić information content (AvgIpc) is 2.86. The van der Waals surface area contributed by atoms with Crippen LogP contribution in [0.1, 0.15) is 30.9 Å². The van der Waals surface area contributed by atoms with E-state index in [1.165, 1.54) is 18.8 Å². The number of esters is 1. The van der Waals surface area contributed by atoms with Crippen molar-refractivity contribution in [2.75, 3.05) is 26.9 Å². The molecule has 0 aliphatic heterocycles. The molecule has 0 spiro atoms. The molecule has 0 bridgehead atoms. The van der Waals surface area contributed by atoms with Crippen LogP contribution in [0.15, 0.2) is 89.3 Å². The molecule has 0 saturated carbocycles. The number of hydrogen-bond acceptors (Lipinski definition) is 6. The summed E-state index contributed by atoms with van der Waals surface area (Å²) in [4.78, 5) is 16.4.